The molecule has 1 fully saturated rings. The maximum absolute atomic E-state index is 12.3. The number of nitrogen functional groups attached to an aromatic ring is 1. The first-order valence-electron chi connectivity index (χ1n) is 6.75. The number of nitrogens with one attached hydrogen (secondary N) is 1. The molecule has 1 atom stereocenters. The fourth-order valence-electron chi connectivity index (χ4n) is 2.22. The van der Waals surface area contributed by atoms with Crippen molar-refractivity contribution in [1.82, 2.24) is 4.90 Å². The van der Waals surface area contributed by atoms with Crippen LogP contribution in [0.15, 0.2) is 18.2 Å². The van der Waals surface area contributed by atoms with E-state index in [1.54, 1.807) is 11.8 Å². The number of rotatable bonds is 4. The number of carbonyl (C=O) groups is 2. The number of ether oxygens (including phenoxy) is 1. The minimum Gasteiger partial charge on any atom is -0.478 e. The van der Waals surface area contributed by atoms with E-state index in [2.05, 4.69) is 5.32 Å². The minimum atomic E-state index is -1.07. The first kappa shape index (κ1) is 15.1. The number of amides is 1. The van der Waals surface area contributed by atoms with Gasteiger partial charge < -0.3 is 25.8 Å². The van der Waals surface area contributed by atoms with Crippen LogP contribution in [-0.2, 0) is 9.53 Å². The quantitative estimate of drug-likeness (QED) is 0.703. The van der Waals surface area contributed by atoms with Crippen molar-refractivity contribution in [3.8, 4) is 0 Å². The molecule has 1 heterocycles. The van der Waals surface area contributed by atoms with Gasteiger partial charge in [0.25, 0.3) is 0 Å². The number of hydrogen-bond donors (Lipinski definition) is 3. The molecular formula is C14H19N3O4. The number of nitrogens with two attached hydrogens (primary N) is 1. The third-order valence-corrected chi connectivity index (χ3v) is 3.34. The van der Waals surface area contributed by atoms with Crippen LogP contribution < -0.4 is 11.1 Å². The number of benzene rings is 1. The molecule has 7 heteroatoms. The lowest BCUT2D eigenvalue weighted by atomic mass is 10.1. The second-order valence-electron chi connectivity index (χ2n) is 4.91. The lowest BCUT2D eigenvalue weighted by molar-refractivity contribution is -0.135. The Balaban J connectivity index is 2.11. The number of carboxylic acid groups (broad SMARTS) is 1. The Labute approximate surface area is 122 Å². The maximum atomic E-state index is 12.3. The second kappa shape index (κ2) is 6.45. The van der Waals surface area contributed by atoms with E-state index in [1.807, 2.05) is 0 Å². The number of nitrogens with zero attached hydrogens (tertiary/aromatic N) is 1. The standard InChI is InChI=1S/C14H19N3O4/c1-9(13(18)17-4-6-21-7-5-17)16-12-8-10(15)2-3-11(12)14(19)20/h2-3,8-9,16H,4-7,15H2,1H3,(H,19,20). The monoisotopic (exact) mass is 293 g/mol. The molecule has 1 aliphatic heterocycles. The molecular weight excluding hydrogens is 274 g/mol. The van der Waals surface area contributed by atoms with Gasteiger partial charge in [-0.2, -0.15) is 0 Å². The fourth-order valence-corrected chi connectivity index (χ4v) is 2.22. The largest absolute Gasteiger partial charge is 0.478 e. The van der Waals surface area contributed by atoms with Gasteiger partial charge in [-0.25, -0.2) is 4.79 Å². The summed E-state index contributed by atoms with van der Waals surface area (Å²) in [6, 6.07) is 3.92. The van der Waals surface area contributed by atoms with Crippen LogP contribution in [0.25, 0.3) is 0 Å². The summed E-state index contributed by atoms with van der Waals surface area (Å²) in [7, 11) is 0. The Morgan fingerprint density at radius 3 is 2.67 bits per heavy atom. The lowest BCUT2D eigenvalue weighted by Crippen LogP contribution is -2.47. The molecule has 4 N–H and O–H groups in total. The molecule has 114 valence electrons. The van der Waals surface area contributed by atoms with Gasteiger partial charge in [-0.05, 0) is 25.1 Å². The average molecular weight is 293 g/mol. The lowest BCUT2D eigenvalue weighted by Gasteiger charge is -2.30. The molecule has 7 nitrogen and oxygen atoms in total. The van der Waals surface area contributed by atoms with Gasteiger partial charge in [-0.3, -0.25) is 4.79 Å². The molecule has 1 aromatic carbocycles. The Bertz CT molecular complexity index is 541. The van der Waals surface area contributed by atoms with E-state index in [9.17, 15) is 9.59 Å². The van der Waals surface area contributed by atoms with E-state index in [4.69, 9.17) is 15.6 Å². The van der Waals surface area contributed by atoms with E-state index in [-0.39, 0.29) is 11.5 Å². The van der Waals surface area contributed by atoms with Gasteiger partial charge in [0.05, 0.1) is 24.5 Å². The average Bonchev–Trinajstić information content (AvgIpc) is 2.47. The van der Waals surface area contributed by atoms with Crippen molar-refractivity contribution in [2.45, 2.75) is 13.0 Å². The Morgan fingerprint density at radius 2 is 2.05 bits per heavy atom. The number of aromatic carboxylic acids is 1. The van der Waals surface area contributed by atoms with Crippen molar-refractivity contribution in [2.75, 3.05) is 37.4 Å². The zero-order valence-electron chi connectivity index (χ0n) is 11.8. The van der Waals surface area contributed by atoms with Crippen molar-refractivity contribution in [2.24, 2.45) is 0 Å². The highest BCUT2D eigenvalue weighted by atomic mass is 16.5. The predicted octanol–water partition coefficient (Wildman–Crippen LogP) is 0.626. The van der Waals surface area contributed by atoms with Crippen LogP contribution in [-0.4, -0.2) is 54.2 Å². The van der Waals surface area contributed by atoms with Crippen LogP contribution >= 0.6 is 0 Å². The zero-order chi connectivity index (χ0) is 15.4. The molecule has 0 aliphatic carbocycles. The highest BCUT2D eigenvalue weighted by molar-refractivity contribution is 5.96. The highest BCUT2D eigenvalue weighted by Crippen LogP contribution is 2.20. The van der Waals surface area contributed by atoms with Gasteiger partial charge in [0, 0.05) is 18.8 Å². The number of hydrogen-bond acceptors (Lipinski definition) is 5. The smallest absolute Gasteiger partial charge is 0.337 e. The van der Waals surface area contributed by atoms with Crippen LogP contribution in [0, 0.1) is 0 Å². The molecule has 0 saturated carbocycles. The molecule has 0 spiro atoms. The molecule has 0 bridgehead atoms. The van der Waals surface area contributed by atoms with Gasteiger partial charge in [0.15, 0.2) is 0 Å². The first-order chi connectivity index (χ1) is 9.99. The molecule has 1 saturated heterocycles. The number of carbonyl (C=O) groups excluding carboxylic acids is 1. The molecule has 1 amide bonds. The summed E-state index contributed by atoms with van der Waals surface area (Å²) in [6.45, 7) is 3.85. The summed E-state index contributed by atoms with van der Waals surface area (Å²) in [4.78, 5) is 25.2. The maximum Gasteiger partial charge on any atom is 0.337 e. The topological polar surface area (TPSA) is 105 Å². The minimum absolute atomic E-state index is 0.0861. The summed E-state index contributed by atoms with van der Waals surface area (Å²) >= 11 is 0. The van der Waals surface area contributed by atoms with Crippen molar-refractivity contribution >= 4 is 23.3 Å². The van der Waals surface area contributed by atoms with Crippen molar-refractivity contribution in [1.29, 1.82) is 0 Å². The number of anilines is 2. The van der Waals surface area contributed by atoms with E-state index < -0.39 is 12.0 Å². The SMILES string of the molecule is CC(Nc1cc(N)ccc1C(=O)O)C(=O)N1CCOCC1. The molecule has 1 aromatic rings. The summed E-state index contributed by atoms with van der Waals surface area (Å²) < 4.78 is 5.21. The normalized spacial score (nSPS) is 16.3. The molecule has 21 heavy (non-hydrogen) atoms. The Morgan fingerprint density at radius 1 is 1.38 bits per heavy atom. The van der Waals surface area contributed by atoms with E-state index in [0.29, 0.717) is 37.7 Å². The summed E-state index contributed by atoms with van der Waals surface area (Å²) in [6.07, 6.45) is 0. The van der Waals surface area contributed by atoms with Crippen LogP contribution in [0.2, 0.25) is 0 Å². The number of morpholine rings is 1. The summed E-state index contributed by atoms with van der Waals surface area (Å²) in [5, 5.41) is 12.1. The van der Waals surface area contributed by atoms with Crippen LogP contribution in [0.1, 0.15) is 17.3 Å². The van der Waals surface area contributed by atoms with Gasteiger partial charge in [-0.15, -0.1) is 0 Å². The zero-order valence-corrected chi connectivity index (χ0v) is 11.8. The van der Waals surface area contributed by atoms with Gasteiger partial charge in [0.1, 0.15) is 6.04 Å². The Hall–Kier alpha value is -2.28. The molecule has 1 unspecified atom stereocenters. The molecule has 2 rings (SSSR count). The third-order valence-electron chi connectivity index (χ3n) is 3.34. The molecule has 0 aromatic heterocycles. The van der Waals surface area contributed by atoms with Gasteiger partial charge >= 0.3 is 5.97 Å². The first-order valence-corrected chi connectivity index (χ1v) is 6.75. The van der Waals surface area contributed by atoms with Crippen LogP contribution in [0.4, 0.5) is 11.4 Å². The molecule has 1 aliphatic rings. The fraction of sp³-hybridized carbons (Fsp3) is 0.429. The summed E-state index contributed by atoms with van der Waals surface area (Å²) in [5.74, 6) is -1.15. The van der Waals surface area contributed by atoms with E-state index in [0.717, 1.165) is 0 Å². The number of carboxylic acids is 1. The van der Waals surface area contributed by atoms with Crippen molar-refractivity contribution in [3.63, 3.8) is 0 Å². The predicted molar refractivity (Wildman–Crippen MR) is 78.3 cm³/mol. The van der Waals surface area contributed by atoms with Crippen molar-refractivity contribution < 1.29 is 19.4 Å². The second-order valence-corrected chi connectivity index (χ2v) is 4.91. The van der Waals surface area contributed by atoms with Crippen LogP contribution in [0.3, 0.4) is 0 Å². The van der Waals surface area contributed by atoms with Crippen molar-refractivity contribution in [3.05, 3.63) is 23.8 Å². The van der Waals surface area contributed by atoms with Gasteiger partial charge in [-0.1, -0.05) is 0 Å². The van der Waals surface area contributed by atoms with E-state index in [1.165, 1.54) is 18.2 Å². The third kappa shape index (κ3) is 3.63. The van der Waals surface area contributed by atoms with Crippen LogP contribution in [0.5, 0.6) is 0 Å². The molecule has 0 radical (unpaired) electrons. The highest BCUT2D eigenvalue weighted by Gasteiger charge is 2.23. The van der Waals surface area contributed by atoms with Gasteiger partial charge in [0.2, 0.25) is 5.91 Å². The Kier molecular flexibility index (Phi) is 4.64. The summed E-state index contributed by atoms with van der Waals surface area (Å²) in [5.41, 5.74) is 6.55. The van der Waals surface area contributed by atoms with E-state index >= 15 is 0 Å².